The number of aromatic nitrogens is 2. The average Bonchev–Trinajstić information content (AvgIpc) is 3.33. The van der Waals surface area contributed by atoms with Crippen LogP contribution in [-0.4, -0.2) is 38.7 Å². The summed E-state index contributed by atoms with van der Waals surface area (Å²) in [4.78, 5) is 15.5. The summed E-state index contributed by atoms with van der Waals surface area (Å²) >= 11 is 6.15. The SMILES string of the molecule is O=C(O)C[C@H]1CN(Cl)C[C@H]1c1cccc(OCc2nc(-c3ccccc3)no2)c1. The van der Waals surface area contributed by atoms with Gasteiger partial charge in [-0.2, -0.15) is 4.98 Å². The highest BCUT2D eigenvalue weighted by Gasteiger charge is 2.34. The zero-order valence-electron chi connectivity index (χ0n) is 15.6. The molecule has 29 heavy (non-hydrogen) atoms. The second-order valence-corrected chi connectivity index (χ2v) is 7.51. The summed E-state index contributed by atoms with van der Waals surface area (Å²) in [5.74, 6) is 0.743. The second kappa shape index (κ2) is 8.63. The van der Waals surface area contributed by atoms with Gasteiger partial charge in [0.05, 0.1) is 6.42 Å². The molecule has 0 radical (unpaired) electrons. The van der Waals surface area contributed by atoms with Crippen LogP contribution >= 0.6 is 11.8 Å². The van der Waals surface area contributed by atoms with Crippen LogP contribution < -0.4 is 4.74 Å². The van der Waals surface area contributed by atoms with Crippen molar-refractivity contribution in [3.05, 3.63) is 66.1 Å². The molecule has 3 aromatic rings. The number of benzene rings is 2. The minimum absolute atomic E-state index is 0.0374. The summed E-state index contributed by atoms with van der Waals surface area (Å²) in [6.07, 6.45) is 0.0865. The summed E-state index contributed by atoms with van der Waals surface area (Å²) in [7, 11) is 0. The molecule has 1 aliphatic rings. The molecule has 2 atom stereocenters. The van der Waals surface area contributed by atoms with E-state index in [4.69, 9.17) is 26.1 Å². The lowest BCUT2D eigenvalue weighted by Crippen LogP contribution is -2.15. The van der Waals surface area contributed by atoms with Crippen LogP contribution in [0.15, 0.2) is 59.1 Å². The highest BCUT2D eigenvalue weighted by Crippen LogP contribution is 2.36. The highest BCUT2D eigenvalue weighted by atomic mass is 35.5. The second-order valence-electron chi connectivity index (χ2n) is 7.03. The monoisotopic (exact) mass is 413 g/mol. The van der Waals surface area contributed by atoms with Gasteiger partial charge in [0.25, 0.3) is 5.89 Å². The van der Waals surface area contributed by atoms with Crippen molar-refractivity contribution in [1.82, 2.24) is 14.6 Å². The number of hydrogen-bond donors (Lipinski definition) is 1. The molecule has 1 aliphatic heterocycles. The van der Waals surface area contributed by atoms with Crippen LogP contribution in [0.4, 0.5) is 0 Å². The van der Waals surface area contributed by atoms with Gasteiger partial charge < -0.3 is 14.4 Å². The Hall–Kier alpha value is -2.90. The molecular formula is C21H20ClN3O4. The molecule has 0 saturated carbocycles. The summed E-state index contributed by atoms with van der Waals surface area (Å²) in [6, 6.07) is 17.2. The predicted octanol–water partition coefficient (Wildman–Crippen LogP) is 3.96. The third-order valence-electron chi connectivity index (χ3n) is 4.98. The smallest absolute Gasteiger partial charge is 0.303 e. The number of hydrogen-bond acceptors (Lipinski definition) is 6. The Morgan fingerprint density at radius 1 is 1.21 bits per heavy atom. The zero-order valence-corrected chi connectivity index (χ0v) is 16.3. The van der Waals surface area contributed by atoms with Crippen LogP contribution in [0, 0.1) is 5.92 Å². The molecule has 1 aromatic heterocycles. The van der Waals surface area contributed by atoms with Gasteiger partial charge in [0.15, 0.2) is 6.61 Å². The van der Waals surface area contributed by atoms with Crippen LogP contribution in [0.3, 0.4) is 0 Å². The quantitative estimate of drug-likeness (QED) is 0.586. The number of rotatable bonds is 7. The molecule has 2 aromatic carbocycles. The molecule has 0 unspecified atom stereocenters. The molecule has 1 saturated heterocycles. The van der Waals surface area contributed by atoms with Gasteiger partial charge in [-0.3, -0.25) is 4.79 Å². The Kier molecular flexibility index (Phi) is 5.78. The Morgan fingerprint density at radius 2 is 2.03 bits per heavy atom. The Labute approximate surface area is 173 Å². The molecule has 1 fully saturated rings. The van der Waals surface area contributed by atoms with E-state index >= 15 is 0 Å². The van der Waals surface area contributed by atoms with E-state index in [9.17, 15) is 4.79 Å². The van der Waals surface area contributed by atoms with Crippen LogP contribution in [-0.2, 0) is 11.4 Å². The molecule has 4 rings (SSSR count). The van der Waals surface area contributed by atoms with E-state index in [1.165, 1.54) is 0 Å². The number of nitrogens with zero attached hydrogens (tertiary/aromatic N) is 3. The number of carboxylic acid groups (broad SMARTS) is 1. The lowest BCUT2D eigenvalue weighted by Gasteiger charge is -2.17. The van der Waals surface area contributed by atoms with Gasteiger partial charge >= 0.3 is 5.97 Å². The van der Waals surface area contributed by atoms with Crippen molar-refractivity contribution in [2.75, 3.05) is 13.1 Å². The van der Waals surface area contributed by atoms with Gasteiger partial charge in [0.2, 0.25) is 5.82 Å². The molecule has 8 heteroatoms. The molecule has 2 heterocycles. The van der Waals surface area contributed by atoms with E-state index in [2.05, 4.69) is 10.1 Å². The highest BCUT2D eigenvalue weighted by molar-refractivity contribution is 6.13. The fraction of sp³-hybridized carbons (Fsp3) is 0.286. The fourth-order valence-electron chi connectivity index (χ4n) is 3.63. The Bertz CT molecular complexity index is 979. The predicted molar refractivity (Wildman–Crippen MR) is 106 cm³/mol. The maximum Gasteiger partial charge on any atom is 0.303 e. The van der Waals surface area contributed by atoms with E-state index < -0.39 is 5.97 Å². The van der Waals surface area contributed by atoms with Crippen molar-refractivity contribution >= 4 is 17.7 Å². The van der Waals surface area contributed by atoms with Crippen molar-refractivity contribution in [2.24, 2.45) is 5.92 Å². The molecule has 0 bridgehead atoms. The van der Waals surface area contributed by atoms with E-state index in [0.29, 0.717) is 30.6 Å². The lowest BCUT2D eigenvalue weighted by molar-refractivity contribution is -0.138. The van der Waals surface area contributed by atoms with Crippen LogP contribution in [0.5, 0.6) is 5.75 Å². The number of carbonyl (C=O) groups is 1. The first-order valence-electron chi connectivity index (χ1n) is 9.32. The van der Waals surface area contributed by atoms with Crippen molar-refractivity contribution in [3.63, 3.8) is 0 Å². The first-order valence-corrected chi connectivity index (χ1v) is 9.65. The Balaban J connectivity index is 1.43. The van der Waals surface area contributed by atoms with Crippen molar-refractivity contribution < 1.29 is 19.2 Å². The summed E-state index contributed by atoms with van der Waals surface area (Å²) in [5, 5.41) is 13.1. The average molecular weight is 414 g/mol. The van der Waals surface area contributed by atoms with E-state index in [0.717, 1.165) is 11.1 Å². The van der Waals surface area contributed by atoms with Crippen LogP contribution in [0.2, 0.25) is 0 Å². The van der Waals surface area contributed by atoms with Gasteiger partial charge in [-0.05, 0) is 35.4 Å². The molecule has 7 nitrogen and oxygen atoms in total. The van der Waals surface area contributed by atoms with Crippen LogP contribution in [0.1, 0.15) is 23.8 Å². The normalized spacial score (nSPS) is 19.3. The minimum atomic E-state index is -0.815. The van der Waals surface area contributed by atoms with Gasteiger partial charge in [-0.25, -0.2) is 4.42 Å². The first-order chi connectivity index (χ1) is 14.1. The van der Waals surface area contributed by atoms with Gasteiger partial charge in [-0.1, -0.05) is 47.6 Å². The number of aliphatic carboxylic acids is 1. The molecule has 0 spiro atoms. The molecule has 0 aliphatic carbocycles. The third-order valence-corrected chi connectivity index (χ3v) is 5.26. The first kappa shape index (κ1) is 19.4. The topological polar surface area (TPSA) is 88.7 Å². The van der Waals surface area contributed by atoms with Crippen LogP contribution in [0.25, 0.3) is 11.4 Å². The van der Waals surface area contributed by atoms with Crippen molar-refractivity contribution in [1.29, 1.82) is 0 Å². The summed E-state index contributed by atoms with van der Waals surface area (Å²) in [5.41, 5.74) is 1.88. The fourth-order valence-corrected chi connectivity index (χ4v) is 3.95. The summed E-state index contributed by atoms with van der Waals surface area (Å²) < 4.78 is 12.7. The maximum atomic E-state index is 11.2. The lowest BCUT2D eigenvalue weighted by atomic mass is 9.87. The molecule has 0 amide bonds. The molecular weight excluding hydrogens is 394 g/mol. The van der Waals surface area contributed by atoms with E-state index in [-0.39, 0.29) is 24.9 Å². The number of ether oxygens (including phenoxy) is 1. The number of carboxylic acids is 1. The van der Waals surface area contributed by atoms with E-state index in [1.54, 1.807) is 4.42 Å². The molecule has 150 valence electrons. The summed E-state index contributed by atoms with van der Waals surface area (Å²) in [6.45, 7) is 1.30. The largest absolute Gasteiger partial charge is 0.484 e. The minimum Gasteiger partial charge on any atom is -0.484 e. The Morgan fingerprint density at radius 3 is 2.83 bits per heavy atom. The standard InChI is InChI=1S/C21H20ClN3O4/c22-25-11-16(10-20(26)27)18(12-25)15-7-4-8-17(9-15)28-13-19-23-21(24-29-19)14-5-2-1-3-6-14/h1-9,16,18H,10-13H2,(H,26,27)/t16-,18-/m0/s1. The third kappa shape index (κ3) is 4.75. The van der Waals surface area contributed by atoms with E-state index in [1.807, 2.05) is 54.6 Å². The van der Waals surface area contributed by atoms with Gasteiger partial charge in [-0.15, -0.1) is 0 Å². The van der Waals surface area contributed by atoms with Crippen molar-refractivity contribution in [3.8, 4) is 17.1 Å². The number of halogens is 1. The molecule has 1 N–H and O–H groups in total. The van der Waals surface area contributed by atoms with Crippen molar-refractivity contribution in [2.45, 2.75) is 18.9 Å². The maximum absolute atomic E-state index is 11.2. The van der Waals surface area contributed by atoms with Gasteiger partial charge in [0, 0.05) is 24.6 Å². The zero-order chi connectivity index (χ0) is 20.2. The van der Waals surface area contributed by atoms with Gasteiger partial charge in [0.1, 0.15) is 5.75 Å².